The molecule has 0 bridgehead atoms. The predicted octanol–water partition coefficient (Wildman–Crippen LogP) is 3.63. The van der Waals surface area contributed by atoms with Crippen molar-refractivity contribution < 1.29 is 0 Å². The first-order valence-corrected chi connectivity index (χ1v) is 5.01. The molecule has 0 unspecified atom stereocenters. The van der Waals surface area contributed by atoms with Gasteiger partial charge >= 0.3 is 0 Å². The summed E-state index contributed by atoms with van der Waals surface area (Å²) in [5, 5.41) is 0. The van der Waals surface area contributed by atoms with Gasteiger partial charge in [0.25, 0.3) is 0 Å². The van der Waals surface area contributed by atoms with Crippen LogP contribution in [0.5, 0.6) is 0 Å². The summed E-state index contributed by atoms with van der Waals surface area (Å²) in [5.41, 5.74) is 2.63. The zero-order valence-electron chi connectivity index (χ0n) is 8.50. The van der Waals surface area contributed by atoms with Crippen molar-refractivity contribution in [3.8, 4) is 0 Å². The molecule has 2 nitrogen and oxygen atoms in total. The molecule has 0 aliphatic heterocycles. The van der Waals surface area contributed by atoms with Crippen molar-refractivity contribution in [2.75, 3.05) is 0 Å². The van der Waals surface area contributed by atoms with E-state index in [9.17, 15) is 0 Å². The third kappa shape index (κ3) is 3.99. The summed E-state index contributed by atoms with van der Waals surface area (Å²) in [4.78, 5) is 0. The molecule has 0 aliphatic carbocycles. The first-order chi connectivity index (χ1) is 6.17. The van der Waals surface area contributed by atoms with Gasteiger partial charge in [-0.2, -0.15) is 8.75 Å². The van der Waals surface area contributed by atoms with Gasteiger partial charge in [0.2, 0.25) is 0 Å². The van der Waals surface area contributed by atoms with Gasteiger partial charge in [-0.1, -0.05) is 33.4 Å². The zero-order chi connectivity index (χ0) is 10.3. The van der Waals surface area contributed by atoms with Crippen LogP contribution in [0.3, 0.4) is 0 Å². The SMILES string of the molecule is C=Cc1nsnc1C(=C)C.CCC. The van der Waals surface area contributed by atoms with E-state index in [4.69, 9.17) is 0 Å². The molecular weight excluding hydrogens is 180 g/mol. The average Bonchev–Trinajstić information content (AvgIpc) is 2.52. The maximum absolute atomic E-state index is 4.05. The highest BCUT2D eigenvalue weighted by atomic mass is 32.1. The lowest BCUT2D eigenvalue weighted by atomic mass is 10.2. The van der Waals surface area contributed by atoms with Gasteiger partial charge in [0.05, 0.1) is 11.7 Å². The Morgan fingerprint density at radius 3 is 2.31 bits per heavy atom. The lowest BCUT2D eigenvalue weighted by Gasteiger charge is -1.90. The average molecular weight is 196 g/mol. The van der Waals surface area contributed by atoms with Gasteiger partial charge in [-0.05, 0) is 18.6 Å². The summed E-state index contributed by atoms with van der Waals surface area (Å²) in [6.07, 6.45) is 2.94. The van der Waals surface area contributed by atoms with Crippen molar-refractivity contribution in [1.29, 1.82) is 0 Å². The van der Waals surface area contributed by atoms with Crippen LogP contribution in [0, 0.1) is 0 Å². The van der Waals surface area contributed by atoms with Gasteiger partial charge in [0, 0.05) is 0 Å². The highest BCUT2D eigenvalue weighted by Crippen LogP contribution is 2.14. The molecule has 0 N–H and O–H groups in total. The lowest BCUT2D eigenvalue weighted by molar-refractivity contribution is 1.09. The molecular formula is C10H16N2S. The van der Waals surface area contributed by atoms with E-state index in [1.165, 1.54) is 18.1 Å². The molecule has 0 saturated carbocycles. The van der Waals surface area contributed by atoms with Gasteiger partial charge < -0.3 is 0 Å². The van der Waals surface area contributed by atoms with Crippen LogP contribution in [0.15, 0.2) is 13.2 Å². The van der Waals surface area contributed by atoms with Crippen molar-refractivity contribution in [2.24, 2.45) is 0 Å². The van der Waals surface area contributed by atoms with Crippen LogP contribution in [-0.4, -0.2) is 8.75 Å². The van der Waals surface area contributed by atoms with Crippen LogP contribution in [0.2, 0.25) is 0 Å². The fourth-order valence-electron chi connectivity index (χ4n) is 0.626. The smallest absolute Gasteiger partial charge is 0.107 e. The Labute approximate surface area is 84.3 Å². The van der Waals surface area contributed by atoms with E-state index >= 15 is 0 Å². The van der Waals surface area contributed by atoms with Crippen molar-refractivity contribution in [2.45, 2.75) is 27.2 Å². The molecule has 1 aromatic heterocycles. The van der Waals surface area contributed by atoms with E-state index in [1.54, 1.807) is 6.08 Å². The van der Waals surface area contributed by atoms with Crippen molar-refractivity contribution in [1.82, 2.24) is 8.75 Å². The first-order valence-electron chi connectivity index (χ1n) is 4.28. The minimum Gasteiger partial charge on any atom is -0.173 e. The van der Waals surface area contributed by atoms with Gasteiger partial charge in [0.1, 0.15) is 11.4 Å². The van der Waals surface area contributed by atoms with Crippen LogP contribution in [0.25, 0.3) is 11.6 Å². The molecule has 72 valence electrons. The number of hydrogen-bond donors (Lipinski definition) is 0. The molecule has 0 aliphatic rings. The Kier molecular flexibility index (Phi) is 6.06. The Morgan fingerprint density at radius 1 is 1.46 bits per heavy atom. The number of nitrogens with zero attached hydrogens (tertiary/aromatic N) is 2. The highest BCUT2D eigenvalue weighted by Gasteiger charge is 2.03. The Balaban J connectivity index is 0.000000424. The van der Waals surface area contributed by atoms with E-state index in [-0.39, 0.29) is 0 Å². The number of hydrogen-bond acceptors (Lipinski definition) is 3. The van der Waals surface area contributed by atoms with Crippen LogP contribution < -0.4 is 0 Å². The van der Waals surface area contributed by atoms with E-state index < -0.39 is 0 Å². The quantitative estimate of drug-likeness (QED) is 0.721. The first kappa shape index (κ1) is 12.0. The second-order valence-electron chi connectivity index (χ2n) is 2.69. The lowest BCUT2D eigenvalue weighted by Crippen LogP contribution is -1.80. The molecule has 1 rings (SSSR count). The monoisotopic (exact) mass is 196 g/mol. The van der Waals surface area contributed by atoms with Crippen LogP contribution in [0.4, 0.5) is 0 Å². The molecule has 1 aromatic rings. The molecule has 13 heavy (non-hydrogen) atoms. The van der Waals surface area contributed by atoms with E-state index in [2.05, 4.69) is 35.8 Å². The van der Waals surface area contributed by atoms with Gasteiger partial charge in [-0.3, -0.25) is 0 Å². The highest BCUT2D eigenvalue weighted by molar-refractivity contribution is 6.99. The van der Waals surface area contributed by atoms with Crippen LogP contribution in [0.1, 0.15) is 38.6 Å². The van der Waals surface area contributed by atoms with Gasteiger partial charge in [0.15, 0.2) is 0 Å². The summed E-state index contributed by atoms with van der Waals surface area (Å²) in [5.74, 6) is 0. The third-order valence-electron chi connectivity index (χ3n) is 1.11. The fraction of sp³-hybridized carbons (Fsp3) is 0.400. The van der Waals surface area contributed by atoms with E-state index in [0.717, 1.165) is 17.0 Å². The predicted molar refractivity (Wildman–Crippen MR) is 60.7 cm³/mol. The Hall–Kier alpha value is -0.960. The third-order valence-corrected chi connectivity index (χ3v) is 1.65. The molecule has 0 amide bonds. The fourth-order valence-corrected chi connectivity index (χ4v) is 1.25. The molecule has 3 heteroatoms. The second kappa shape index (κ2) is 6.54. The summed E-state index contributed by atoms with van der Waals surface area (Å²) < 4.78 is 8.05. The molecule has 0 radical (unpaired) electrons. The van der Waals surface area contributed by atoms with Crippen LogP contribution in [-0.2, 0) is 0 Å². The maximum atomic E-state index is 4.05. The topological polar surface area (TPSA) is 25.8 Å². The van der Waals surface area contributed by atoms with E-state index in [0.29, 0.717) is 0 Å². The molecule has 0 aromatic carbocycles. The molecule has 0 atom stereocenters. The normalized spacial score (nSPS) is 8.54. The Morgan fingerprint density at radius 2 is 2.00 bits per heavy atom. The number of allylic oxidation sites excluding steroid dienone is 1. The van der Waals surface area contributed by atoms with Crippen molar-refractivity contribution in [3.05, 3.63) is 24.5 Å². The zero-order valence-corrected chi connectivity index (χ0v) is 9.32. The summed E-state index contributed by atoms with van der Waals surface area (Å²) in [6, 6.07) is 0. The second-order valence-corrected chi connectivity index (χ2v) is 3.22. The molecule has 0 saturated heterocycles. The summed E-state index contributed by atoms with van der Waals surface area (Å²) >= 11 is 1.19. The standard InChI is InChI=1S/C7H8N2S.C3H8/c1-4-6-7(5(2)3)9-10-8-6;1-3-2/h4H,1-2H2,3H3;3H2,1-2H3. The van der Waals surface area contributed by atoms with Gasteiger partial charge in [-0.25, -0.2) is 0 Å². The Bertz CT molecular complexity index is 276. The summed E-state index contributed by atoms with van der Waals surface area (Å²) in [6.45, 7) is 13.5. The van der Waals surface area contributed by atoms with Gasteiger partial charge in [-0.15, -0.1) is 0 Å². The van der Waals surface area contributed by atoms with Crippen molar-refractivity contribution in [3.63, 3.8) is 0 Å². The molecule has 0 fully saturated rings. The largest absolute Gasteiger partial charge is 0.173 e. The molecule has 1 heterocycles. The van der Waals surface area contributed by atoms with Crippen molar-refractivity contribution >= 4 is 23.4 Å². The summed E-state index contributed by atoms with van der Waals surface area (Å²) in [7, 11) is 0. The number of aromatic nitrogens is 2. The van der Waals surface area contributed by atoms with E-state index in [1.807, 2.05) is 6.92 Å². The number of rotatable bonds is 2. The minimum atomic E-state index is 0.831. The maximum Gasteiger partial charge on any atom is 0.107 e. The minimum absolute atomic E-state index is 0.831. The molecule has 0 spiro atoms. The van der Waals surface area contributed by atoms with Crippen LogP contribution >= 0.6 is 11.7 Å².